The van der Waals surface area contributed by atoms with E-state index in [2.05, 4.69) is 26.0 Å². The van der Waals surface area contributed by atoms with E-state index in [1.807, 2.05) is 18.2 Å². The van der Waals surface area contributed by atoms with Crippen molar-refractivity contribution in [3.63, 3.8) is 0 Å². The van der Waals surface area contributed by atoms with Crippen LogP contribution in [0.25, 0.3) is 0 Å². The van der Waals surface area contributed by atoms with Crippen molar-refractivity contribution in [1.82, 2.24) is 0 Å². The van der Waals surface area contributed by atoms with Crippen LogP contribution in [0.5, 0.6) is 0 Å². The summed E-state index contributed by atoms with van der Waals surface area (Å²) in [6.07, 6.45) is 1.13. The third-order valence-corrected chi connectivity index (χ3v) is 2.94. The summed E-state index contributed by atoms with van der Waals surface area (Å²) in [6.45, 7) is 4.35. The lowest BCUT2D eigenvalue weighted by molar-refractivity contribution is 0.542. The van der Waals surface area contributed by atoms with Gasteiger partial charge in [-0.15, -0.1) is 11.6 Å². The van der Waals surface area contributed by atoms with Crippen LogP contribution in [0.2, 0.25) is 0 Å². The molecule has 12 heavy (non-hydrogen) atoms. The summed E-state index contributed by atoms with van der Waals surface area (Å²) >= 11 is 6.26. The first kappa shape index (κ1) is 9.60. The lowest BCUT2D eigenvalue weighted by atomic mass is 9.98. The van der Waals surface area contributed by atoms with Crippen molar-refractivity contribution in [3.8, 4) is 0 Å². The second-order valence-corrected chi connectivity index (χ2v) is 3.67. The third kappa shape index (κ3) is 2.25. The molecule has 1 heteroatoms. The second kappa shape index (κ2) is 4.51. The molecular formula is C11H15Cl. The normalized spacial score (nSPS) is 15.6. The van der Waals surface area contributed by atoms with Crippen LogP contribution in [-0.2, 0) is 0 Å². The van der Waals surface area contributed by atoms with Crippen molar-refractivity contribution in [2.24, 2.45) is 5.92 Å². The lowest BCUT2D eigenvalue weighted by Crippen LogP contribution is -2.01. The fraction of sp³-hybridized carbons (Fsp3) is 0.455. The van der Waals surface area contributed by atoms with Crippen LogP contribution < -0.4 is 0 Å². The topological polar surface area (TPSA) is 0 Å². The van der Waals surface area contributed by atoms with Gasteiger partial charge >= 0.3 is 0 Å². The molecule has 0 spiro atoms. The summed E-state index contributed by atoms with van der Waals surface area (Å²) in [5, 5.41) is 0.163. The van der Waals surface area contributed by atoms with Gasteiger partial charge in [0.1, 0.15) is 0 Å². The van der Waals surface area contributed by atoms with E-state index in [4.69, 9.17) is 11.6 Å². The van der Waals surface area contributed by atoms with E-state index in [0.717, 1.165) is 6.42 Å². The van der Waals surface area contributed by atoms with Gasteiger partial charge < -0.3 is 0 Å². The van der Waals surface area contributed by atoms with Gasteiger partial charge in [-0.1, -0.05) is 50.6 Å². The van der Waals surface area contributed by atoms with Gasteiger partial charge in [-0.25, -0.2) is 0 Å². The number of rotatable bonds is 3. The van der Waals surface area contributed by atoms with Crippen LogP contribution in [0.15, 0.2) is 30.3 Å². The van der Waals surface area contributed by atoms with Crippen molar-refractivity contribution in [2.45, 2.75) is 25.6 Å². The molecule has 0 heterocycles. The molecule has 0 fully saturated rings. The molecule has 0 radical (unpaired) electrons. The first-order valence-electron chi connectivity index (χ1n) is 4.44. The molecule has 0 aliphatic heterocycles. The van der Waals surface area contributed by atoms with Gasteiger partial charge in [0, 0.05) is 0 Å². The predicted molar refractivity (Wildman–Crippen MR) is 54.5 cm³/mol. The molecule has 1 aromatic carbocycles. The minimum Gasteiger partial charge on any atom is -0.118 e. The molecule has 1 rings (SSSR count). The summed E-state index contributed by atoms with van der Waals surface area (Å²) in [6, 6.07) is 10.3. The quantitative estimate of drug-likeness (QED) is 0.620. The Morgan fingerprint density at radius 3 is 2.33 bits per heavy atom. The van der Waals surface area contributed by atoms with Crippen molar-refractivity contribution in [1.29, 1.82) is 0 Å². The molecule has 0 N–H and O–H groups in total. The Hall–Kier alpha value is -0.490. The largest absolute Gasteiger partial charge is 0.118 e. The lowest BCUT2D eigenvalue weighted by Gasteiger charge is -2.15. The standard InChI is InChI=1S/C11H15Cl/c1-3-9(2)11(12)10-7-5-4-6-8-10/h4-9,11H,3H2,1-2H3. The molecule has 0 aromatic heterocycles. The summed E-state index contributed by atoms with van der Waals surface area (Å²) in [4.78, 5) is 0. The Labute approximate surface area is 79.6 Å². The summed E-state index contributed by atoms with van der Waals surface area (Å²) < 4.78 is 0. The summed E-state index contributed by atoms with van der Waals surface area (Å²) in [7, 11) is 0. The molecule has 0 aliphatic carbocycles. The van der Waals surface area contributed by atoms with Crippen LogP contribution in [0.1, 0.15) is 31.2 Å². The number of hydrogen-bond acceptors (Lipinski definition) is 0. The Balaban J connectivity index is 2.71. The van der Waals surface area contributed by atoms with Gasteiger partial charge in [0.15, 0.2) is 0 Å². The fourth-order valence-corrected chi connectivity index (χ4v) is 1.50. The van der Waals surface area contributed by atoms with Crippen LogP contribution >= 0.6 is 11.6 Å². The first-order valence-corrected chi connectivity index (χ1v) is 4.88. The number of benzene rings is 1. The average Bonchev–Trinajstić information content (AvgIpc) is 2.17. The molecule has 1 aromatic rings. The Morgan fingerprint density at radius 1 is 1.25 bits per heavy atom. The van der Waals surface area contributed by atoms with E-state index >= 15 is 0 Å². The average molecular weight is 183 g/mol. The summed E-state index contributed by atoms with van der Waals surface area (Å²) in [5.74, 6) is 0.550. The Morgan fingerprint density at radius 2 is 1.83 bits per heavy atom. The first-order chi connectivity index (χ1) is 5.75. The number of alkyl halides is 1. The SMILES string of the molecule is CCC(C)C(Cl)c1ccccc1. The van der Waals surface area contributed by atoms with Crippen molar-refractivity contribution >= 4 is 11.6 Å². The molecule has 2 atom stereocenters. The molecule has 0 aliphatic rings. The van der Waals surface area contributed by atoms with Crippen LogP contribution in [0.3, 0.4) is 0 Å². The zero-order valence-electron chi connectivity index (χ0n) is 7.63. The van der Waals surface area contributed by atoms with Gasteiger partial charge in [-0.2, -0.15) is 0 Å². The number of halogens is 1. The molecule has 0 nitrogen and oxygen atoms in total. The van der Waals surface area contributed by atoms with E-state index in [0.29, 0.717) is 5.92 Å². The summed E-state index contributed by atoms with van der Waals surface area (Å²) in [5.41, 5.74) is 1.23. The highest BCUT2D eigenvalue weighted by Gasteiger charge is 2.13. The van der Waals surface area contributed by atoms with Crippen LogP contribution in [0, 0.1) is 5.92 Å². The zero-order chi connectivity index (χ0) is 8.97. The maximum Gasteiger partial charge on any atom is 0.0610 e. The Kier molecular flexibility index (Phi) is 3.61. The molecule has 0 saturated carbocycles. The van der Waals surface area contributed by atoms with Gasteiger partial charge in [0.25, 0.3) is 0 Å². The van der Waals surface area contributed by atoms with E-state index < -0.39 is 0 Å². The second-order valence-electron chi connectivity index (χ2n) is 3.20. The third-order valence-electron chi connectivity index (χ3n) is 2.26. The van der Waals surface area contributed by atoms with Gasteiger partial charge in [0.2, 0.25) is 0 Å². The van der Waals surface area contributed by atoms with Crippen molar-refractivity contribution < 1.29 is 0 Å². The highest BCUT2D eigenvalue weighted by molar-refractivity contribution is 6.20. The minimum atomic E-state index is 0.163. The maximum atomic E-state index is 6.26. The zero-order valence-corrected chi connectivity index (χ0v) is 8.38. The number of hydrogen-bond donors (Lipinski definition) is 0. The monoisotopic (exact) mass is 182 g/mol. The predicted octanol–water partition coefficient (Wildman–Crippen LogP) is 4.01. The minimum absolute atomic E-state index is 0.163. The van der Waals surface area contributed by atoms with Crippen molar-refractivity contribution in [3.05, 3.63) is 35.9 Å². The van der Waals surface area contributed by atoms with E-state index in [-0.39, 0.29) is 5.38 Å². The molecule has 2 unspecified atom stereocenters. The van der Waals surface area contributed by atoms with Crippen LogP contribution in [0.4, 0.5) is 0 Å². The van der Waals surface area contributed by atoms with Gasteiger partial charge in [0.05, 0.1) is 5.38 Å². The fourth-order valence-electron chi connectivity index (χ4n) is 1.17. The van der Waals surface area contributed by atoms with Crippen LogP contribution in [-0.4, -0.2) is 0 Å². The highest BCUT2D eigenvalue weighted by atomic mass is 35.5. The van der Waals surface area contributed by atoms with E-state index in [1.165, 1.54) is 5.56 Å². The molecule has 0 amide bonds. The maximum absolute atomic E-state index is 6.26. The van der Waals surface area contributed by atoms with Gasteiger partial charge in [-0.3, -0.25) is 0 Å². The smallest absolute Gasteiger partial charge is 0.0610 e. The molecule has 66 valence electrons. The van der Waals surface area contributed by atoms with E-state index in [1.54, 1.807) is 0 Å². The van der Waals surface area contributed by atoms with E-state index in [9.17, 15) is 0 Å². The molecule has 0 bridgehead atoms. The Bertz CT molecular complexity index is 218. The molecular weight excluding hydrogens is 168 g/mol. The molecule has 0 saturated heterocycles. The van der Waals surface area contributed by atoms with Crippen molar-refractivity contribution in [2.75, 3.05) is 0 Å². The highest BCUT2D eigenvalue weighted by Crippen LogP contribution is 2.30. The van der Waals surface area contributed by atoms with Gasteiger partial charge in [-0.05, 0) is 11.5 Å².